The maximum Gasteiger partial charge on any atom is 0.526 e. The number of carbonyl (C=O) groups excluding carboxylic acids is 2. The van der Waals surface area contributed by atoms with E-state index in [4.69, 9.17) is 9.68 Å². The van der Waals surface area contributed by atoms with Crippen LogP contribution in [0.15, 0.2) is 24.3 Å². The molecule has 1 aliphatic heterocycles. The molecule has 0 aromatic heterocycles. The Morgan fingerprint density at radius 3 is 2.82 bits per heavy atom. The van der Waals surface area contributed by atoms with Gasteiger partial charge in [-0.15, -0.1) is 0 Å². The van der Waals surface area contributed by atoms with Crippen LogP contribution in [0.2, 0.25) is 0 Å². The third kappa shape index (κ3) is 1.76. The lowest BCUT2D eigenvalue weighted by molar-refractivity contribution is -0.712. The molecule has 0 radical (unpaired) electrons. The molecule has 1 aliphatic carbocycles. The molecule has 2 aliphatic rings. The fourth-order valence-electron chi connectivity index (χ4n) is 1.80. The van der Waals surface area contributed by atoms with Crippen LogP contribution < -0.4 is 0 Å². The Hall–Kier alpha value is -1.95. The summed E-state index contributed by atoms with van der Waals surface area (Å²) in [6, 6.07) is -0.426. The summed E-state index contributed by atoms with van der Waals surface area (Å²) in [4.78, 5) is 33.7. The van der Waals surface area contributed by atoms with Gasteiger partial charge in [0, 0.05) is 6.08 Å². The molecule has 6 heteroatoms. The minimum atomic E-state index is -0.757. The molecule has 0 fully saturated rings. The summed E-state index contributed by atoms with van der Waals surface area (Å²) in [5.74, 6) is -1.49. The number of amides is 2. The van der Waals surface area contributed by atoms with E-state index in [9.17, 15) is 9.59 Å². The molecule has 0 bridgehead atoms. The number of allylic oxidation sites excluding steroid dienone is 2. The Bertz CT molecular complexity index is 450. The standard InChI is InChI=1S/C11H13N2O4/c1-3-17-13-9-7-5-4-6-8(9)12(16-2)10(14)11(13)15/h4-7,9H,3H2,1-2H3/q+1. The lowest BCUT2D eigenvalue weighted by Gasteiger charge is -2.28. The zero-order valence-electron chi connectivity index (χ0n) is 9.62. The van der Waals surface area contributed by atoms with Crippen LogP contribution in [0, 0.1) is 0 Å². The molecule has 90 valence electrons. The van der Waals surface area contributed by atoms with Gasteiger partial charge >= 0.3 is 11.8 Å². The van der Waals surface area contributed by atoms with Gasteiger partial charge in [0.25, 0.3) is 5.71 Å². The summed E-state index contributed by atoms with van der Waals surface area (Å²) in [6.07, 6.45) is 7.04. The Balaban J connectivity index is 2.48. The van der Waals surface area contributed by atoms with Crippen LogP contribution >= 0.6 is 0 Å². The highest BCUT2D eigenvalue weighted by Crippen LogP contribution is 2.16. The van der Waals surface area contributed by atoms with Gasteiger partial charge in [-0.05, 0) is 13.0 Å². The van der Waals surface area contributed by atoms with Crippen LogP contribution in [0.25, 0.3) is 0 Å². The summed E-state index contributed by atoms with van der Waals surface area (Å²) in [6.45, 7) is 2.07. The maximum atomic E-state index is 11.8. The summed E-state index contributed by atoms with van der Waals surface area (Å²) < 4.78 is 0.989. The minimum absolute atomic E-state index is 0.313. The number of carbonyl (C=O) groups is 2. The largest absolute Gasteiger partial charge is 0.526 e. The quantitative estimate of drug-likeness (QED) is 0.504. The van der Waals surface area contributed by atoms with Gasteiger partial charge in [-0.3, -0.25) is 14.5 Å². The number of hydroxylamine groups is 3. The molecular weight excluding hydrogens is 224 g/mol. The molecular formula is C11H13N2O4+. The van der Waals surface area contributed by atoms with Crippen LogP contribution in [-0.4, -0.2) is 47.1 Å². The van der Waals surface area contributed by atoms with Gasteiger partial charge in [0.05, 0.1) is 11.3 Å². The van der Waals surface area contributed by atoms with Crippen molar-refractivity contribution in [2.75, 3.05) is 13.7 Å². The van der Waals surface area contributed by atoms with E-state index in [2.05, 4.69) is 0 Å². The van der Waals surface area contributed by atoms with E-state index in [1.54, 1.807) is 31.2 Å². The van der Waals surface area contributed by atoms with Crippen molar-refractivity contribution in [3.63, 3.8) is 0 Å². The first-order valence-corrected chi connectivity index (χ1v) is 5.27. The number of hydrogen-bond donors (Lipinski definition) is 0. The topological polar surface area (TPSA) is 58.8 Å². The summed E-state index contributed by atoms with van der Waals surface area (Å²) in [5, 5.41) is 1.08. The lowest BCUT2D eigenvalue weighted by Crippen LogP contribution is -2.57. The fourth-order valence-corrected chi connectivity index (χ4v) is 1.80. The van der Waals surface area contributed by atoms with Crippen LogP contribution in [0.5, 0.6) is 0 Å². The predicted molar refractivity (Wildman–Crippen MR) is 57.8 cm³/mol. The van der Waals surface area contributed by atoms with Crippen LogP contribution in [0.1, 0.15) is 6.92 Å². The monoisotopic (exact) mass is 237 g/mol. The van der Waals surface area contributed by atoms with Crippen LogP contribution in [0.3, 0.4) is 0 Å². The molecule has 0 spiro atoms. The smallest absolute Gasteiger partial charge is 0.270 e. The van der Waals surface area contributed by atoms with Crippen molar-refractivity contribution in [2.45, 2.75) is 13.0 Å². The first-order chi connectivity index (χ1) is 8.20. The van der Waals surface area contributed by atoms with Gasteiger partial charge in [-0.25, -0.2) is 4.79 Å². The molecule has 0 aromatic rings. The Morgan fingerprint density at radius 2 is 2.18 bits per heavy atom. The maximum absolute atomic E-state index is 11.8. The summed E-state index contributed by atoms with van der Waals surface area (Å²) in [7, 11) is 1.34. The minimum Gasteiger partial charge on any atom is -0.270 e. The van der Waals surface area contributed by atoms with Crippen LogP contribution in [0.4, 0.5) is 0 Å². The predicted octanol–water partition coefficient (Wildman–Crippen LogP) is -0.184. The highest BCUT2D eigenvalue weighted by molar-refractivity contribution is 6.34. The van der Waals surface area contributed by atoms with Gasteiger partial charge in [-0.1, -0.05) is 12.2 Å². The molecule has 0 N–H and O–H groups in total. The average molecular weight is 237 g/mol. The van der Waals surface area contributed by atoms with E-state index in [0.29, 0.717) is 12.3 Å². The zero-order valence-corrected chi connectivity index (χ0v) is 9.62. The zero-order chi connectivity index (χ0) is 12.4. The highest BCUT2D eigenvalue weighted by atomic mass is 16.7. The second kappa shape index (κ2) is 4.50. The van der Waals surface area contributed by atoms with Crippen molar-refractivity contribution in [3.05, 3.63) is 24.3 Å². The normalized spacial score (nSPS) is 23.2. The van der Waals surface area contributed by atoms with Gasteiger partial charge < -0.3 is 0 Å². The van der Waals surface area contributed by atoms with Crippen molar-refractivity contribution >= 4 is 17.5 Å². The van der Waals surface area contributed by atoms with E-state index in [0.717, 1.165) is 9.80 Å². The van der Waals surface area contributed by atoms with Gasteiger partial charge in [-0.2, -0.15) is 5.06 Å². The van der Waals surface area contributed by atoms with Gasteiger partial charge in [0.2, 0.25) is 0 Å². The van der Waals surface area contributed by atoms with Crippen molar-refractivity contribution < 1.29 is 24.0 Å². The second-order valence-electron chi connectivity index (χ2n) is 3.44. The second-order valence-corrected chi connectivity index (χ2v) is 3.44. The molecule has 1 unspecified atom stereocenters. The summed E-state index contributed by atoms with van der Waals surface area (Å²) >= 11 is 0. The molecule has 0 saturated carbocycles. The first-order valence-electron chi connectivity index (χ1n) is 5.27. The van der Waals surface area contributed by atoms with E-state index < -0.39 is 17.9 Å². The van der Waals surface area contributed by atoms with Crippen molar-refractivity contribution in [3.8, 4) is 0 Å². The highest BCUT2D eigenvalue weighted by Gasteiger charge is 2.49. The number of hydrogen-bond acceptors (Lipinski definition) is 4. The van der Waals surface area contributed by atoms with Crippen LogP contribution in [-0.2, 0) is 19.3 Å². The Kier molecular flexibility index (Phi) is 3.06. The van der Waals surface area contributed by atoms with Crippen molar-refractivity contribution in [1.29, 1.82) is 0 Å². The molecule has 0 aromatic carbocycles. The van der Waals surface area contributed by atoms with E-state index >= 15 is 0 Å². The molecule has 0 saturated heterocycles. The molecule has 1 atom stereocenters. The third-order valence-corrected chi connectivity index (χ3v) is 2.48. The molecule has 2 amide bonds. The SMILES string of the molecule is CCON1C(=O)C(=O)[N+](OC)=C2C=CC=CC21. The molecule has 1 heterocycles. The lowest BCUT2D eigenvalue weighted by atomic mass is 10.0. The molecule has 2 rings (SSSR count). The number of nitrogens with zero attached hydrogens (tertiary/aromatic N) is 2. The Labute approximate surface area is 98.3 Å². The molecule has 6 nitrogen and oxygen atoms in total. The average Bonchev–Trinajstić information content (AvgIpc) is 2.35. The third-order valence-electron chi connectivity index (χ3n) is 2.48. The van der Waals surface area contributed by atoms with Crippen molar-refractivity contribution in [2.24, 2.45) is 0 Å². The van der Waals surface area contributed by atoms with E-state index in [-0.39, 0.29) is 0 Å². The fraction of sp³-hybridized carbons (Fsp3) is 0.364. The Morgan fingerprint density at radius 1 is 1.41 bits per heavy atom. The van der Waals surface area contributed by atoms with Crippen molar-refractivity contribution in [1.82, 2.24) is 5.06 Å². The molecule has 17 heavy (non-hydrogen) atoms. The van der Waals surface area contributed by atoms with Gasteiger partial charge in [0.1, 0.15) is 7.11 Å². The summed E-state index contributed by atoms with van der Waals surface area (Å²) in [5.41, 5.74) is 0.563. The first kappa shape index (κ1) is 11.5. The number of fused-ring (bicyclic) bond motifs is 1. The number of rotatable bonds is 3. The van der Waals surface area contributed by atoms with Gasteiger partial charge in [0.15, 0.2) is 6.04 Å². The van der Waals surface area contributed by atoms with E-state index in [1.165, 1.54) is 7.11 Å². The van der Waals surface area contributed by atoms with E-state index in [1.807, 2.05) is 0 Å².